The summed E-state index contributed by atoms with van der Waals surface area (Å²) < 4.78 is 4.96. The van der Waals surface area contributed by atoms with Gasteiger partial charge >= 0.3 is 6.03 Å². The summed E-state index contributed by atoms with van der Waals surface area (Å²) in [7, 11) is 1.54. The molecule has 1 aromatic rings. The van der Waals surface area contributed by atoms with E-state index in [1.165, 1.54) is 12.7 Å². The zero-order valence-electron chi connectivity index (χ0n) is 15.8. The van der Waals surface area contributed by atoms with E-state index in [4.69, 9.17) is 4.74 Å². The number of ether oxygens (including phenoxy) is 1. The minimum absolute atomic E-state index is 0.203. The topological polar surface area (TPSA) is 87.7 Å². The molecule has 1 aliphatic rings. The molecule has 1 fully saturated rings. The number of nitrogens with one attached hydrogen (secondary N) is 2. The van der Waals surface area contributed by atoms with E-state index in [2.05, 4.69) is 17.6 Å². The average Bonchev–Trinajstić information content (AvgIpc) is 2.80. The van der Waals surface area contributed by atoms with Gasteiger partial charge < -0.3 is 15.4 Å². The van der Waals surface area contributed by atoms with Crippen LogP contribution in [0.4, 0.5) is 4.79 Å². The maximum absolute atomic E-state index is 12.8. The lowest BCUT2D eigenvalue weighted by Gasteiger charge is -2.22. The standard InChI is InChI=1S/C19H27N3O4/c1-5-6-14-7-9-15(10-8-14)19(3)17(24)22(18(25)21-19)11-16(23)20-13(2)12-26-4/h7-10,13H,5-6,11-12H2,1-4H3,(H,20,23)(H,21,25). The van der Waals surface area contributed by atoms with Crippen molar-refractivity contribution in [3.05, 3.63) is 35.4 Å². The molecule has 1 saturated heterocycles. The maximum atomic E-state index is 12.8. The first-order valence-corrected chi connectivity index (χ1v) is 8.83. The molecule has 7 nitrogen and oxygen atoms in total. The van der Waals surface area contributed by atoms with Crippen LogP contribution >= 0.6 is 0 Å². The van der Waals surface area contributed by atoms with Crippen LogP contribution in [-0.4, -0.2) is 49.0 Å². The third kappa shape index (κ3) is 4.22. The summed E-state index contributed by atoms with van der Waals surface area (Å²) in [6.45, 7) is 5.59. The van der Waals surface area contributed by atoms with Crippen molar-refractivity contribution in [2.45, 2.75) is 45.2 Å². The maximum Gasteiger partial charge on any atom is 0.325 e. The molecule has 0 aliphatic carbocycles. The van der Waals surface area contributed by atoms with Crippen LogP contribution in [0.3, 0.4) is 0 Å². The molecule has 2 atom stereocenters. The van der Waals surface area contributed by atoms with Crippen LogP contribution in [0.25, 0.3) is 0 Å². The van der Waals surface area contributed by atoms with Crippen molar-refractivity contribution < 1.29 is 19.1 Å². The van der Waals surface area contributed by atoms with Crippen LogP contribution < -0.4 is 10.6 Å². The van der Waals surface area contributed by atoms with Gasteiger partial charge in [-0.15, -0.1) is 0 Å². The monoisotopic (exact) mass is 361 g/mol. The van der Waals surface area contributed by atoms with Crippen LogP contribution in [0.5, 0.6) is 0 Å². The zero-order chi connectivity index (χ0) is 19.3. The summed E-state index contributed by atoms with van der Waals surface area (Å²) in [5, 5.41) is 5.41. The van der Waals surface area contributed by atoms with Crippen LogP contribution in [-0.2, 0) is 26.3 Å². The van der Waals surface area contributed by atoms with E-state index in [-0.39, 0.29) is 12.6 Å². The molecule has 1 aliphatic heterocycles. The first-order chi connectivity index (χ1) is 12.3. The summed E-state index contributed by atoms with van der Waals surface area (Å²) in [5.41, 5.74) is 0.714. The van der Waals surface area contributed by atoms with E-state index < -0.39 is 23.4 Å². The quantitative estimate of drug-likeness (QED) is 0.688. The van der Waals surface area contributed by atoms with Crippen molar-refractivity contribution in [2.75, 3.05) is 20.3 Å². The lowest BCUT2D eigenvalue weighted by molar-refractivity contribution is -0.135. The van der Waals surface area contributed by atoms with Gasteiger partial charge in [0.15, 0.2) is 0 Å². The Bertz CT molecular complexity index is 674. The molecule has 2 rings (SSSR count). The van der Waals surface area contributed by atoms with E-state index in [1.807, 2.05) is 24.3 Å². The lowest BCUT2D eigenvalue weighted by atomic mass is 9.91. The second-order valence-corrected chi connectivity index (χ2v) is 6.82. The van der Waals surface area contributed by atoms with E-state index in [0.717, 1.165) is 17.7 Å². The summed E-state index contributed by atoms with van der Waals surface area (Å²) in [6.07, 6.45) is 2.00. The highest BCUT2D eigenvalue weighted by Gasteiger charge is 2.49. The van der Waals surface area contributed by atoms with Crippen molar-refractivity contribution in [1.29, 1.82) is 0 Å². The average molecular weight is 361 g/mol. The van der Waals surface area contributed by atoms with Gasteiger partial charge in [0.2, 0.25) is 5.91 Å². The first kappa shape index (κ1) is 19.9. The van der Waals surface area contributed by atoms with Gasteiger partial charge in [-0.3, -0.25) is 14.5 Å². The third-order valence-electron chi connectivity index (χ3n) is 4.47. The van der Waals surface area contributed by atoms with E-state index in [0.29, 0.717) is 12.2 Å². The number of hydrogen-bond acceptors (Lipinski definition) is 4. The molecule has 142 valence electrons. The fourth-order valence-corrected chi connectivity index (χ4v) is 3.09. The van der Waals surface area contributed by atoms with E-state index in [9.17, 15) is 14.4 Å². The fraction of sp³-hybridized carbons (Fsp3) is 0.526. The van der Waals surface area contributed by atoms with Crippen LogP contribution in [0.1, 0.15) is 38.3 Å². The number of benzene rings is 1. The largest absolute Gasteiger partial charge is 0.383 e. The number of rotatable bonds is 8. The molecule has 2 N–H and O–H groups in total. The predicted molar refractivity (Wildman–Crippen MR) is 97.5 cm³/mol. The number of amides is 4. The number of carbonyl (C=O) groups excluding carboxylic acids is 3. The van der Waals surface area contributed by atoms with Crippen molar-refractivity contribution >= 4 is 17.8 Å². The van der Waals surface area contributed by atoms with E-state index in [1.54, 1.807) is 13.8 Å². The Morgan fingerprint density at radius 1 is 1.31 bits per heavy atom. The van der Waals surface area contributed by atoms with Gasteiger partial charge in [0, 0.05) is 13.2 Å². The van der Waals surface area contributed by atoms with Crippen LogP contribution in [0, 0.1) is 0 Å². The number of urea groups is 1. The predicted octanol–water partition coefficient (Wildman–Crippen LogP) is 1.56. The Balaban J connectivity index is 2.10. The van der Waals surface area contributed by atoms with Gasteiger partial charge in [0.25, 0.3) is 5.91 Å². The minimum atomic E-state index is -1.17. The Kier molecular flexibility index (Phi) is 6.37. The number of hydrogen-bond donors (Lipinski definition) is 2. The third-order valence-corrected chi connectivity index (χ3v) is 4.47. The Labute approximate surface area is 154 Å². The summed E-state index contributed by atoms with van der Waals surface area (Å²) >= 11 is 0. The van der Waals surface area contributed by atoms with Gasteiger partial charge in [0.05, 0.1) is 6.61 Å². The van der Waals surface area contributed by atoms with Crippen molar-refractivity contribution in [2.24, 2.45) is 0 Å². The summed E-state index contributed by atoms with van der Waals surface area (Å²) in [6, 6.07) is 6.87. The number of aryl methyl sites for hydroxylation is 1. The summed E-state index contributed by atoms with van der Waals surface area (Å²) in [5.74, 6) is -0.833. The van der Waals surface area contributed by atoms with Gasteiger partial charge in [0.1, 0.15) is 12.1 Å². The number of methoxy groups -OCH3 is 1. The molecule has 0 aromatic heterocycles. The first-order valence-electron chi connectivity index (χ1n) is 8.83. The van der Waals surface area contributed by atoms with Crippen LogP contribution in [0.15, 0.2) is 24.3 Å². The smallest absolute Gasteiger partial charge is 0.325 e. The Morgan fingerprint density at radius 2 is 1.96 bits per heavy atom. The molecule has 0 radical (unpaired) electrons. The number of imide groups is 1. The van der Waals surface area contributed by atoms with Gasteiger partial charge in [-0.1, -0.05) is 37.6 Å². The molecular formula is C19H27N3O4. The fourth-order valence-electron chi connectivity index (χ4n) is 3.09. The zero-order valence-corrected chi connectivity index (χ0v) is 15.8. The van der Waals surface area contributed by atoms with Gasteiger partial charge in [-0.05, 0) is 31.4 Å². The molecule has 0 saturated carbocycles. The highest BCUT2D eigenvalue weighted by molar-refractivity contribution is 6.09. The molecule has 2 unspecified atom stereocenters. The van der Waals surface area contributed by atoms with Gasteiger partial charge in [-0.2, -0.15) is 0 Å². The summed E-state index contributed by atoms with van der Waals surface area (Å²) in [4.78, 5) is 38.2. The van der Waals surface area contributed by atoms with E-state index >= 15 is 0 Å². The molecule has 4 amide bonds. The molecule has 1 aromatic carbocycles. The van der Waals surface area contributed by atoms with Crippen LogP contribution in [0.2, 0.25) is 0 Å². The normalized spacial score (nSPS) is 20.8. The van der Waals surface area contributed by atoms with Crippen molar-refractivity contribution in [3.63, 3.8) is 0 Å². The minimum Gasteiger partial charge on any atom is -0.383 e. The number of carbonyl (C=O) groups is 3. The molecule has 0 spiro atoms. The highest BCUT2D eigenvalue weighted by Crippen LogP contribution is 2.29. The van der Waals surface area contributed by atoms with Gasteiger partial charge in [-0.25, -0.2) is 4.79 Å². The highest BCUT2D eigenvalue weighted by atomic mass is 16.5. The second kappa shape index (κ2) is 8.31. The Hall–Kier alpha value is -2.41. The van der Waals surface area contributed by atoms with Crippen molar-refractivity contribution in [1.82, 2.24) is 15.5 Å². The lowest BCUT2D eigenvalue weighted by Crippen LogP contribution is -2.45. The second-order valence-electron chi connectivity index (χ2n) is 6.82. The molecule has 1 heterocycles. The SMILES string of the molecule is CCCc1ccc(C2(C)NC(=O)N(CC(=O)NC(C)COC)C2=O)cc1. The van der Waals surface area contributed by atoms with Crippen molar-refractivity contribution in [3.8, 4) is 0 Å². The molecular weight excluding hydrogens is 334 g/mol. The molecule has 7 heteroatoms. The molecule has 26 heavy (non-hydrogen) atoms. The molecule has 0 bridgehead atoms. The Morgan fingerprint density at radius 3 is 2.54 bits per heavy atom. The number of nitrogens with zero attached hydrogens (tertiary/aromatic N) is 1.